The number of hydrogen-bond donors (Lipinski definition) is 1. The van der Waals surface area contributed by atoms with E-state index in [1.807, 2.05) is 97.9 Å². The zero-order chi connectivity index (χ0) is 27.4. The molecule has 0 saturated carbocycles. The van der Waals surface area contributed by atoms with E-state index in [4.69, 9.17) is 14.2 Å². The summed E-state index contributed by atoms with van der Waals surface area (Å²) in [6, 6.07) is 28.8. The van der Waals surface area contributed by atoms with Gasteiger partial charge in [0.15, 0.2) is 0 Å². The van der Waals surface area contributed by atoms with Gasteiger partial charge in [-0.3, -0.25) is 14.5 Å². The number of ether oxygens (including phenoxy) is 3. The largest absolute Gasteiger partial charge is 0.497 e. The number of carbonyl (C=O) groups excluding carboxylic acids is 2. The highest BCUT2D eigenvalue weighted by molar-refractivity contribution is 6.12. The van der Waals surface area contributed by atoms with Gasteiger partial charge in [-0.15, -0.1) is 0 Å². The zero-order valence-corrected chi connectivity index (χ0v) is 22.1. The van der Waals surface area contributed by atoms with Gasteiger partial charge in [-0.05, 0) is 72.6 Å². The van der Waals surface area contributed by atoms with E-state index in [-0.39, 0.29) is 11.8 Å². The summed E-state index contributed by atoms with van der Waals surface area (Å²) >= 11 is 0. The number of nitrogens with zero attached hydrogens (tertiary/aromatic N) is 1. The number of benzene rings is 4. The van der Waals surface area contributed by atoms with E-state index in [0.717, 1.165) is 5.56 Å². The average molecular weight is 523 g/mol. The molecule has 7 nitrogen and oxygen atoms in total. The second kappa shape index (κ2) is 11.3. The van der Waals surface area contributed by atoms with E-state index < -0.39 is 12.0 Å². The Morgan fingerprint density at radius 3 is 2.10 bits per heavy atom. The standard InChI is InChI=1S/C32H30N2O5/c1-4-39-28-12-8-7-11-27(28)33-31(35)29-25-9-5-6-10-26(25)32(36)34(22-15-19-24(38-3)20-16-22)30(29)21-13-17-23(37-2)18-14-21/h5-20,29-30H,4H2,1-3H3,(H,33,35)/t29-,30-/m1/s1. The molecule has 1 aliphatic heterocycles. The normalized spacial score (nSPS) is 16.3. The summed E-state index contributed by atoms with van der Waals surface area (Å²) in [5, 5.41) is 3.09. The number of hydrogen-bond acceptors (Lipinski definition) is 5. The molecule has 0 radical (unpaired) electrons. The van der Waals surface area contributed by atoms with Crippen LogP contribution in [0.5, 0.6) is 17.2 Å². The number of rotatable bonds is 8. The van der Waals surface area contributed by atoms with Crippen LogP contribution in [-0.4, -0.2) is 32.6 Å². The molecule has 198 valence electrons. The van der Waals surface area contributed by atoms with Crippen molar-refractivity contribution >= 4 is 23.2 Å². The molecule has 39 heavy (non-hydrogen) atoms. The summed E-state index contributed by atoms with van der Waals surface area (Å²) < 4.78 is 16.5. The third kappa shape index (κ3) is 5.03. The number of nitrogens with one attached hydrogen (secondary N) is 1. The maximum absolute atomic E-state index is 14.2. The predicted molar refractivity (Wildman–Crippen MR) is 151 cm³/mol. The van der Waals surface area contributed by atoms with Crippen LogP contribution < -0.4 is 24.4 Å². The number of anilines is 2. The Morgan fingerprint density at radius 1 is 0.821 bits per heavy atom. The van der Waals surface area contributed by atoms with Gasteiger partial charge in [-0.2, -0.15) is 0 Å². The molecule has 4 aromatic carbocycles. The van der Waals surface area contributed by atoms with Crippen LogP contribution in [0.4, 0.5) is 11.4 Å². The Hall–Kier alpha value is -4.78. The SMILES string of the molecule is CCOc1ccccc1NC(=O)[C@@H]1c2ccccc2C(=O)N(c2ccc(OC)cc2)[C@@H]1c1ccc(OC)cc1. The minimum atomic E-state index is -0.718. The first-order valence-corrected chi connectivity index (χ1v) is 12.8. The quantitative estimate of drug-likeness (QED) is 0.297. The topological polar surface area (TPSA) is 77.1 Å². The lowest BCUT2D eigenvalue weighted by Gasteiger charge is -2.42. The van der Waals surface area contributed by atoms with E-state index >= 15 is 0 Å². The molecule has 0 spiro atoms. The molecule has 0 aliphatic carbocycles. The average Bonchev–Trinajstić information content (AvgIpc) is 2.98. The number of amides is 2. The van der Waals surface area contributed by atoms with Gasteiger partial charge in [0.05, 0.1) is 38.5 Å². The Labute approximate surface area is 227 Å². The molecule has 7 heteroatoms. The highest BCUT2D eigenvalue weighted by atomic mass is 16.5. The lowest BCUT2D eigenvalue weighted by atomic mass is 9.78. The first-order valence-electron chi connectivity index (χ1n) is 12.8. The molecule has 2 atom stereocenters. The summed E-state index contributed by atoms with van der Waals surface area (Å²) in [5.74, 6) is 0.790. The van der Waals surface area contributed by atoms with Crippen molar-refractivity contribution in [2.24, 2.45) is 0 Å². The van der Waals surface area contributed by atoms with Crippen LogP contribution in [0.25, 0.3) is 0 Å². The summed E-state index contributed by atoms with van der Waals surface area (Å²) in [5.41, 5.74) is 3.18. The summed E-state index contributed by atoms with van der Waals surface area (Å²) in [7, 11) is 3.20. The van der Waals surface area contributed by atoms with Crippen LogP contribution in [0.3, 0.4) is 0 Å². The van der Waals surface area contributed by atoms with Crippen molar-refractivity contribution in [3.63, 3.8) is 0 Å². The van der Waals surface area contributed by atoms with Crippen LogP contribution >= 0.6 is 0 Å². The van der Waals surface area contributed by atoms with Crippen molar-refractivity contribution in [2.75, 3.05) is 31.0 Å². The summed E-state index contributed by atoms with van der Waals surface area (Å²) in [4.78, 5) is 30.0. The molecule has 1 N–H and O–H groups in total. The van der Waals surface area contributed by atoms with Crippen molar-refractivity contribution in [3.8, 4) is 17.2 Å². The summed E-state index contributed by atoms with van der Waals surface area (Å²) in [6.07, 6.45) is 0. The molecule has 1 heterocycles. The van der Waals surface area contributed by atoms with Crippen LogP contribution in [0, 0.1) is 0 Å². The van der Waals surface area contributed by atoms with E-state index in [1.165, 1.54) is 0 Å². The minimum absolute atomic E-state index is 0.185. The van der Waals surface area contributed by atoms with Gasteiger partial charge in [0.1, 0.15) is 17.2 Å². The smallest absolute Gasteiger partial charge is 0.259 e. The fraction of sp³-hybridized carbons (Fsp3) is 0.188. The third-order valence-electron chi connectivity index (χ3n) is 6.87. The zero-order valence-electron chi connectivity index (χ0n) is 22.1. The van der Waals surface area contributed by atoms with E-state index in [0.29, 0.717) is 46.4 Å². The van der Waals surface area contributed by atoms with Gasteiger partial charge in [0.2, 0.25) is 5.91 Å². The minimum Gasteiger partial charge on any atom is -0.497 e. The molecule has 2 amide bonds. The predicted octanol–water partition coefficient (Wildman–Crippen LogP) is 6.23. The molecule has 0 bridgehead atoms. The maximum atomic E-state index is 14.2. The molecule has 0 saturated heterocycles. The van der Waals surface area contributed by atoms with Gasteiger partial charge >= 0.3 is 0 Å². The van der Waals surface area contributed by atoms with Crippen molar-refractivity contribution < 1.29 is 23.8 Å². The van der Waals surface area contributed by atoms with Crippen LogP contribution in [-0.2, 0) is 4.79 Å². The number of carbonyl (C=O) groups is 2. The van der Waals surface area contributed by atoms with Crippen molar-refractivity contribution in [2.45, 2.75) is 18.9 Å². The third-order valence-corrected chi connectivity index (χ3v) is 6.87. The lowest BCUT2D eigenvalue weighted by Crippen LogP contribution is -2.46. The van der Waals surface area contributed by atoms with Crippen molar-refractivity contribution in [3.05, 3.63) is 114 Å². The first-order chi connectivity index (χ1) is 19.0. The van der Waals surface area contributed by atoms with Gasteiger partial charge in [0.25, 0.3) is 5.91 Å². The Kier molecular flexibility index (Phi) is 7.50. The van der Waals surface area contributed by atoms with Gasteiger partial charge < -0.3 is 19.5 Å². The number of fused-ring (bicyclic) bond motifs is 1. The second-order valence-corrected chi connectivity index (χ2v) is 9.07. The van der Waals surface area contributed by atoms with E-state index in [2.05, 4.69) is 5.32 Å². The highest BCUT2D eigenvalue weighted by Gasteiger charge is 2.45. The second-order valence-electron chi connectivity index (χ2n) is 9.07. The fourth-order valence-electron chi connectivity index (χ4n) is 5.05. The molecule has 0 unspecified atom stereocenters. The van der Waals surface area contributed by atoms with Crippen LogP contribution in [0.2, 0.25) is 0 Å². The Balaban J connectivity index is 1.67. The molecular weight excluding hydrogens is 492 g/mol. The highest BCUT2D eigenvalue weighted by Crippen LogP contribution is 2.46. The molecule has 0 aromatic heterocycles. The van der Waals surface area contributed by atoms with E-state index in [1.54, 1.807) is 25.2 Å². The van der Waals surface area contributed by atoms with Crippen molar-refractivity contribution in [1.29, 1.82) is 0 Å². The molecular formula is C32H30N2O5. The summed E-state index contributed by atoms with van der Waals surface area (Å²) in [6.45, 7) is 2.36. The lowest BCUT2D eigenvalue weighted by molar-refractivity contribution is -0.118. The number of para-hydroxylation sites is 2. The maximum Gasteiger partial charge on any atom is 0.259 e. The van der Waals surface area contributed by atoms with Crippen molar-refractivity contribution in [1.82, 2.24) is 0 Å². The monoisotopic (exact) mass is 522 g/mol. The van der Waals surface area contributed by atoms with Gasteiger partial charge in [0, 0.05) is 11.3 Å². The first kappa shape index (κ1) is 25.9. The molecule has 4 aromatic rings. The molecule has 1 aliphatic rings. The van der Waals surface area contributed by atoms with Crippen LogP contribution in [0.15, 0.2) is 97.1 Å². The van der Waals surface area contributed by atoms with E-state index in [9.17, 15) is 9.59 Å². The van der Waals surface area contributed by atoms with Gasteiger partial charge in [-0.1, -0.05) is 42.5 Å². The Bertz CT molecular complexity index is 1470. The fourth-order valence-corrected chi connectivity index (χ4v) is 5.05. The van der Waals surface area contributed by atoms with Gasteiger partial charge in [-0.25, -0.2) is 0 Å². The molecule has 0 fully saturated rings. The van der Waals surface area contributed by atoms with Crippen LogP contribution in [0.1, 0.15) is 40.4 Å². The molecule has 5 rings (SSSR count). The number of methoxy groups -OCH3 is 2. The Morgan fingerprint density at radius 2 is 1.44 bits per heavy atom.